The SMILES string of the molecule is CC(CC1CCOC1)NC(=O)OO. The number of rotatable bonds is 3. The zero-order valence-electron chi connectivity index (χ0n) is 7.66. The molecule has 1 fully saturated rings. The van der Waals surface area contributed by atoms with E-state index in [1.807, 2.05) is 6.92 Å². The standard InChI is InChI=1S/C8H15NO4/c1-6(9-8(10)13-11)4-7-2-3-12-5-7/h6-7,11H,2-5H2,1H3,(H,9,10). The van der Waals surface area contributed by atoms with Crippen LogP contribution in [-0.2, 0) is 9.62 Å². The molecule has 0 aromatic carbocycles. The summed E-state index contributed by atoms with van der Waals surface area (Å²) < 4.78 is 5.20. The van der Waals surface area contributed by atoms with Gasteiger partial charge in [0.05, 0.1) is 0 Å². The highest BCUT2D eigenvalue weighted by molar-refractivity contribution is 5.66. The molecular weight excluding hydrogens is 174 g/mol. The van der Waals surface area contributed by atoms with Crippen LogP contribution < -0.4 is 5.32 Å². The smallest absolute Gasteiger partial charge is 0.381 e. The second kappa shape index (κ2) is 5.04. The number of amides is 1. The average molecular weight is 189 g/mol. The first-order chi connectivity index (χ1) is 6.22. The van der Waals surface area contributed by atoms with Crippen LogP contribution in [0.25, 0.3) is 0 Å². The molecule has 0 bridgehead atoms. The molecule has 1 heterocycles. The third-order valence-corrected chi connectivity index (χ3v) is 2.16. The largest absolute Gasteiger partial charge is 0.438 e. The summed E-state index contributed by atoms with van der Waals surface area (Å²) in [5.74, 6) is 0.508. The van der Waals surface area contributed by atoms with Crippen molar-refractivity contribution in [1.82, 2.24) is 5.32 Å². The van der Waals surface area contributed by atoms with Gasteiger partial charge in [-0.2, -0.15) is 5.26 Å². The molecule has 1 rings (SSSR count). The fourth-order valence-electron chi connectivity index (χ4n) is 1.56. The maximum Gasteiger partial charge on any atom is 0.438 e. The van der Waals surface area contributed by atoms with E-state index in [4.69, 9.17) is 9.99 Å². The fourth-order valence-corrected chi connectivity index (χ4v) is 1.56. The monoisotopic (exact) mass is 189 g/mol. The first-order valence-electron chi connectivity index (χ1n) is 4.42. The van der Waals surface area contributed by atoms with Crippen LogP contribution >= 0.6 is 0 Å². The second-order valence-corrected chi connectivity index (χ2v) is 3.39. The van der Waals surface area contributed by atoms with E-state index < -0.39 is 6.09 Å². The average Bonchev–Trinajstić information content (AvgIpc) is 2.56. The first-order valence-corrected chi connectivity index (χ1v) is 4.42. The van der Waals surface area contributed by atoms with Gasteiger partial charge in [0, 0.05) is 19.3 Å². The van der Waals surface area contributed by atoms with Crippen LogP contribution in [0.2, 0.25) is 0 Å². The summed E-state index contributed by atoms with van der Waals surface area (Å²) in [7, 11) is 0. The summed E-state index contributed by atoms with van der Waals surface area (Å²) in [5.41, 5.74) is 0. The molecule has 1 saturated heterocycles. The third kappa shape index (κ3) is 3.61. The zero-order chi connectivity index (χ0) is 9.68. The lowest BCUT2D eigenvalue weighted by Crippen LogP contribution is -2.34. The molecule has 13 heavy (non-hydrogen) atoms. The van der Waals surface area contributed by atoms with Crippen LogP contribution in [0.3, 0.4) is 0 Å². The maximum absolute atomic E-state index is 10.6. The van der Waals surface area contributed by atoms with Gasteiger partial charge in [-0.05, 0) is 25.7 Å². The first kappa shape index (κ1) is 10.3. The zero-order valence-corrected chi connectivity index (χ0v) is 7.66. The summed E-state index contributed by atoms with van der Waals surface area (Å²) in [6.07, 6.45) is 1.10. The van der Waals surface area contributed by atoms with Crippen LogP contribution in [0, 0.1) is 5.92 Å². The molecule has 76 valence electrons. The minimum absolute atomic E-state index is 0.00588. The maximum atomic E-state index is 10.6. The van der Waals surface area contributed by atoms with Gasteiger partial charge in [-0.15, -0.1) is 0 Å². The number of carbonyl (C=O) groups is 1. The van der Waals surface area contributed by atoms with Crippen molar-refractivity contribution in [2.24, 2.45) is 5.92 Å². The Balaban J connectivity index is 2.16. The number of carbonyl (C=O) groups excluding carboxylic acids is 1. The highest BCUT2D eigenvalue weighted by Gasteiger charge is 2.19. The fraction of sp³-hybridized carbons (Fsp3) is 0.875. The Morgan fingerprint density at radius 1 is 1.85 bits per heavy atom. The van der Waals surface area contributed by atoms with Crippen LogP contribution in [0.5, 0.6) is 0 Å². The van der Waals surface area contributed by atoms with E-state index in [2.05, 4.69) is 10.2 Å². The van der Waals surface area contributed by atoms with Crippen LogP contribution in [0.1, 0.15) is 19.8 Å². The molecule has 2 unspecified atom stereocenters. The summed E-state index contributed by atoms with van der Waals surface area (Å²) in [5, 5.41) is 10.5. The van der Waals surface area contributed by atoms with E-state index in [1.54, 1.807) is 0 Å². The van der Waals surface area contributed by atoms with E-state index >= 15 is 0 Å². The van der Waals surface area contributed by atoms with Gasteiger partial charge >= 0.3 is 6.09 Å². The van der Waals surface area contributed by atoms with E-state index in [1.165, 1.54) is 0 Å². The Morgan fingerprint density at radius 2 is 2.62 bits per heavy atom. The van der Waals surface area contributed by atoms with Crippen LogP contribution in [0.4, 0.5) is 4.79 Å². The molecule has 2 atom stereocenters. The van der Waals surface area contributed by atoms with Gasteiger partial charge in [-0.25, -0.2) is 4.79 Å². The number of ether oxygens (including phenoxy) is 1. The molecule has 5 nitrogen and oxygen atoms in total. The number of hydrogen-bond donors (Lipinski definition) is 2. The Morgan fingerprint density at radius 3 is 3.15 bits per heavy atom. The molecule has 0 radical (unpaired) electrons. The minimum Gasteiger partial charge on any atom is -0.381 e. The Kier molecular flexibility index (Phi) is 3.98. The quantitative estimate of drug-likeness (QED) is 0.513. The van der Waals surface area contributed by atoms with Crippen molar-refractivity contribution in [1.29, 1.82) is 0 Å². The third-order valence-electron chi connectivity index (χ3n) is 2.16. The molecule has 2 N–H and O–H groups in total. The van der Waals surface area contributed by atoms with Crippen molar-refractivity contribution in [3.63, 3.8) is 0 Å². The Bertz CT molecular complexity index is 168. The summed E-state index contributed by atoms with van der Waals surface area (Å²) in [4.78, 5) is 14.1. The van der Waals surface area contributed by atoms with Gasteiger partial charge in [0.15, 0.2) is 0 Å². The molecule has 0 aromatic heterocycles. The summed E-state index contributed by atoms with van der Waals surface area (Å²) in [6.45, 7) is 3.44. The van der Waals surface area contributed by atoms with Crippen molar-refractivity contribution in [3.05, 3.63) is 0 Å². The lowest BCUT2D eigenvalue weighted by molar-refractivity contribution is -0.178. The number of nitrogens with one attached hydrogen (secondary N) is 1. The van der Waals surface area contributed by atoms with Gasteiger partial charge in [0.1, 0.15) is 0 Å². The van der Waals surface area contributed by atoms with E-state index in [0.29, 0.717) is 5.92 Å². The lowest BCUT2D eigenvalue weighted by atomic mass is 10.0. The molecule has 0 saturated carbocycles. The van der Waals surface area contributed by atoms with Crippen molar-refractivity contribution in [3.8, 4) is 0 Å². The molecule has 1 aliphatic rings. The van der Waals surface area contributed by atoms with Gasteiger partial charge in [-0.1, -0.05) is 0 Å². The van der Waals surface area contributed by atoms with Gasteiger partial charge < -0.3 is 10.1 Å². The summed E-state index contributed by atoms with van der Waals surface area (Å²) in [6, 6.07) is 0.00588. The summed E-state index contributed by atoms with van der Waals surface area (Å²) >= 11 is 0. The predicted molar refractivity (Wildman–Crippen MR) is 45.3 cm³/mol. The van der Waals surface area contributed by atoms with Gasteiger partial charge in [0.25, 0.3) is 0 Å². The van der Waals surface area contributed by atoms with Crippen molar-refractivity contribution < 1.29 is 19.7 Å². The molecule has 0 spiro atoms. The predicted octanol–water partition coefficient (Wildman–Crippen LogP) is 1.00. The van der Waals surface area contributed by atoms with E-state index in [9.17, 15) is 4.79 Å². The van der Waals surface area contributed by atoms with E-state index in [-0.39, 0.29) is 6.04 Å². The second-order valence-electron chi connectivity index (χ2n) is 3.39. The van der Waals surface area contributed by atoms with Gasteiger partial charge in [-0.3, -0.25) is 4.89 Å². The minimum atomic E-state index is -0.800. The van der Waals surface area contributed by atoms with Crippen molar-refractivity contribution in [2.75, 3.05) is 13.2 Å². The molecule has 1 aliphatic heterocycles. The van der Waals surface area contributed by atoms with Crippen molar-refractivity contribution >= 4 is 6.09 Å². The molecule has 0 aliphatic carbocycles. The molecule has 5 heteroatoms. The van der Waals surface area contributed by atoms with Crippen LogP contribution in [-0.4, -0.2) is 30.6 Å². The van der Waals surface area contributed by atoms with E-state index in [0.717, 1.165) is 26.1 Å². The Hall–Kier alpha value is -0.810. The van der Waals surface area contributed by atoms with Crippen LogP contribution in [0.15, 0.2) is 0 Å². The van der Waals surface area contributed by atoms with Crippen molar-refractivity contribution in [2.45, 2.75) is 25.8 Å². The highest BCUT2D eigenvalue weighted by atomic mass is 17.1. The molecular formula is C8H15NO4. The normalized spacial score (nSPS) is 24.0. The molecule has 1 amide bonds. The molecule has 0 aromatic rings. The number of hydrogen-bond acceptors (Lipinski definition) is 4. The lowest BCUT2D eigenvalue weighted by Gasteiger charge is -2.15. The topological polar surface area (TPSA) is 67.8 Å². The highest BCUT2D eigenvalue weighted by Crippen LogP contribution is 2.17. The van der Waals surface area contributed by atoms with Gasteiger partial charge in [0.2, 0.25) is 0 Å². The Labute approximate surface area is 77.0 Å².